The zero-order valence-electron chi connectivity index (χ0n) is 11.5. The summed E-state index contributed by atoms with van der Waals surface area (Å²) in [5.41, 5.74) is 1.37. The standard InChI is InChI=1S/C13H17F3N2O2S/c1-9-6-7-18(8-12(9)17)10-2-4-11(5-3-10)21(19,20)13(14,15)16/h2-5,9,12H,6-8,17H2,1H3. The fraction of sp³-hybridized carbons (Fsp3) is 0.538. The largest absolute Gasteiger partial charge is 0.501 e. The smallest absolute Gasteiger partial charge is 0.370 e. The maximum absolute atomic E-state index is 12.5. The number of sulfone groups is 1. The first-order chi connectivity index (χ1) is 9.63. The van der Waals surface area contributed by atoms with E-state index in [0.717, 1.165) is 25.1 Å². The van der Waals surface area contributed by atoms with Crippen molar-refractivity contribution in [3.05, 3.63) is 24.3 Å². The molecule has 118 valence electrons. The molecule has 0 radical (unpaired) electrons. The van der Waals surface area contributed by atoms with Gasteiger partial charge in [-0.2, -0.15) is 13.2 Å². The van der Waals surface area contributed by atoms with E-state index in [1.165, 1.54) is 12.1 Å². The van der Waals surface area contributed by atoms with Gasteiger partial charge >= 0.3 is 5.51 Å². The van der Waals surface area contributed by atoms with E-state index in [0.29, 0.717) is 18.2 Å². The zero-order valence-corrected chi connectivity index (χ0v) is 12.3. The van der Waals surface area contributed by atoms with Gasteiger partial charge in [-0.05, 0) is 36.6 Å². The molecule has 0 bridgehead atoms. The third-order valence-electron chi connectivity index (χ3n) is 3.83. The number of nitrogens with zero attached hydrogens (tertiary/aromatic N) is 1. The van der Waals surface area contributed by atoms with Crippen molar-refractivity contribution in [1.82, 2.24) is 0 Å². The van der Waals surface area contributed by atoms with Crippen molar-refractivity contribution in [2.75, 3.05) is 18.0 Å². The Balaban J connectivity index is 2.21. The average molecular weight is 322 g/mol. The van der Waals surface area contributed by atoms with Gasteiger partial charge in [-0.1, -0.05) is 6.92 Å². The van der Waals surface area contributed by atoms with Gasteiger partial charge in [0.15, 0.2) is 0 Å². The molecule has 1 aliphatic rings. The summed E-state index contributed by atoms with van der Waals surface area (Å²) < 4.78 is 59.9. The van der Waals surface area contributed by atoms with Crippen LogP contribution in [-0.2, 0) is 9.84 Å². The summed E-state index contributed by atoms with van der Waals surface area (Å²) in [5, 5.41) is 0. The van der Waals surface area contributed by atoms with E-state index in [1.807, 2.05) is 4.90 Å². The van der Waals surface area contributed by atoms with E-state index < -0.39 is 20.2 Å². The molecule has 8 heteroatoms. The Morgan fingerprint density at radius 1 is 1.24 bits per heavy atom. The number of benzene rings is 1. The number of hydrogen-bond donors (Lipinski definition) is 1. The van der Waals surface area contributed by atoms with E-state index in [-0.39, 0.29) is 6.04 Å². The quantitative estimate of drug-likeness (QED) is 0.906. The van der Waals surface area contributed by atoms with E-state index in [1.54, 1.807) is 0 Å². The second kappa shape index (κ2) is 5.49. The summed E-state index contributed by atoms with van der Waals surface area (Å²) in [6, 6.07) is 4.75. The number of piperidine rings is 1. The minimum atomic E-state index is -5.29. The number of hydrogen-bond acceptors (Lipinski definition) is 4. The molecule has 2 unspecified atom stereocenters. The minimum absolute atomic E-state index is 0.00247. The zero-order chi connectivity index (χ0) is 15.8. The van der Waals surface area contributed by atoms with Gasteiger partial charge in [0.25, 0.3) is 9.84 Å². The molecule has 21 heavy (non-hydrogen) atoms. The molecule has 0 aliphatic carbocycles. The van der Waals surface area contributed by atoms with E-state index in [2.05, 4.69) is 6.92 Å². The molecular formula is C13H17F3N2O2S. The Bertz CT molecular complexity index is 599. The number of alkyl halides is 3. The SMILES string of the molecule is CC1CCN(c2ccc(S(=O)(=O)C(F)(F)F)cc2)CC1N. The van der Waals surface area contributed by atoms with Crippen LogP contribution in [0.25, 0.3) is 0 Å². The second-order valence-corrected chi connectivity index (χ2v) is 7.26. The van der Waals surface area contributed by atoms with Crippen LogP contribution in [0.2, 0.25) is 0 Å². The number of anilines is 1. The van der Waals surface area contributed by atoms with Crippen LogP contribution in [0, 0.1) is 5.92 Å². The van der Waals surface area contributed by atoms with E-state index in [4.69, 9.17) is 5.73 Å². The number of nitrogens with two attached hydrogens (primary N) is 1. The molecule has 1 heterocycles. The average Bonchev–Trinajstić information content (AvgIpc) is 2.41. The van der Waals surface area contributed by atoms with Crippen LogP contribution in [0.1, 0.15) is 13.3 Å². The highest BCUT2D eigenvalue weighted by atomic mass is 32.2. The molecule has 0 amide bonds. The monoisotopic (exact) mass is 322 g/mol. The molecule has 4 nitrogen and oxygen atoms in total. The molecule has 0 saturated carbocycles. The van der Waals surface area contributed by atoms with Crippen LogP contribution in [0.15, 0.2) is 29.2 Å². The Hall–Kier alpha value is -1.28. The van der Waals surface area contributed by atoms with E-state index in [9.17, 15) is 21.6 Å². The predicted octanol–water partition coefficient (Wildman–Crippen LogP) is 2.15. The Morgan fingerprint density at radius 2 is 1.81 bits per heavy atom. The van der Waals surface area contributed by atoms with Gasteiger partial charge in [0.2, 0.25) is 0 Å². The summed E-state index contributed by atoms with van der Waals surface area (Å²) in [7, 11) is -5.29. The molecule has 2 atom stereocenters. The van der Waals surface area contributed by atoms with Gasteiger partial charge in [0.1, 0.15) is 0 Å². The molecular weight excluding hydrogens is 305 g/mol. The van der Waals surface area contributed by atoms with Gasteiger partial charge in [-0.15, -0.1) is 0 Å². The van der Waals surface area contributed by atoms with Gasteiger partial charge in [-0.25, -0.2) is 8.42 Å². The summed E-state index contributed by atoms with van der Waals surface area (Å²) in [4.78, 5) is 1.21. The molecule has 1 aromatic rings. The summed E-state index contributed by atoms with van der Waals surface area (Å²) in [6.07, 6.45) is 0.893. The molecule has 1 aromatic carbocycles. The lowest BCUT2D eigenvalue weighted by atomic mass is 9.94. The van der Waals surface area contributed by atoms with Crippen LogP contribution in [0.4, 0.5) is 18.9 Å². The minimum Gasteiger partial charge on any atom is -0.370 e. The Labute approximate surface area is 121 Å². The van der Waals surface area contributed by atoms with Crippen molar-refractivity contribution in [3.63, 3.8) is 0 Å². The van der Waals surface area contributed by atoms with Gasteiger partial charge in [-0.3, -0.25) is 0 Å². The topological polar surface area (TPSA) is 63.4 Å². The lowest BCUT2D eigenvalue weighted by Gasteiger charge is -2.36. The lowest BCUT2D eigenvalue weighted by molar-refractivity contribution is -0.0436. The first-order valence-electron chi connectivity index (χ1n) is 6.55. The maximum atomic E-state index is 12.5. The van der Waals surface area contributed by atoms with Crippen LogP contribution >= 0.6 is 0 Å². The van der Waals surface area contributed by atoms with Crippen molar-refractivity contribution in [2.24, 2.45) is 11.7 Å². The van der Waals surface area contributed by atoms with Crippen LogP contribution in [-0.4, -0.2) is 33.1 Å². The third-order valence-corrected chi connectivity index (χ3v) is 5.34. The fourth-order valence-electron chi connectivity index (χ4n) is 2.30. The van der Waals surface area contributed by atoms with Crippen LogP contribution < -0.4 is 10.6 Å². The van der Waals surface area contributed by atoms with Crippen molar-refractivity contribution < 1.29 is 21.6 Å². The van der Waals surface area contributed by atoms with Gasteiger partial charge in [0.05, 0.1) is 4.90 Å². The van der Waals surface area contributed by atoms with Crippen molar-refractivity contribution >= 4 is 15.5 Å². The molecule has 0 aromatic heterocycles. The third kappa shape index (κ3) is 3.16. The normalized spacial score (nSPS) is 24.1. The Kier molecular flexibility index (Phi) is 4.21. The van der Waals surface area contributed by atoms with Crippen LogP contribution in [0.3, 0.4) is 0 Å². The fourth-order valence-corrected chi connectivity index (χ4v) is 3.07. The summed E-state index contributed by atoms with van der Waals surface area (Å²) >= 11 is 0. The highest BCUT2D eigenvalue weighted by Gasteiger charge is 2.46. The van der Waals surface area contributed by atoms with Crippen molar-refractivity contribution in [1.29, 1.82) is 0 Å². The first kappa shape index (κ1) is 16.1. The summed E-state index contributed by atoms with van der Waals surface area (Å²) in [6.45, 7) is 3.41. The molecule has 0 spiro atoms. The molecule has 1 aliphatic heterocycles. The first-order valence-corrected chi connectivity index (χ1v) is 8.03. The second-order valence-electron chi connectivity index (χ2n) is 5.32. The highest BCUT2D eigenvalue weighted by molar-refractivity contribution is 7.92. The predicted molar refractivity (Wildman–Crippen MR) is 73.7 cm³/mol. The van der Waals surface area contributed by atoms with Gasteiger partial charge in [0, 0.05) is 24.8 Å². The summed E-state index contributed by atoms with van der Waals surface area (Å²) in [5.74, 6) is 0.395. The molecule has 1 saturated heterocycles. The van der Waals surface area contributed by atoms with E-state index >= 15 is 0 Å². The Morgan fingerprint density at radius 3 is 2.29 bits per heavy atom. The lowest BCUT2D eigenvalue weighted by Crippen LogP contribution is -2.47. The number of halogens is 3. The molecule has 2 N–H and O–H groups in total. The highest BCUT2D eigenvalue weighted by Crippen LogP contribution is 2.31. The maximum Gasteiger partial charge on any atom is 0.501 e. The van der Waals surface area contributed by atoms with Crippen molar-refractivity contribution in [3.8, 4) is 0 Å². The molecule has 2 rings (SSSR count). The van der Waals surface area contributed by atoms with Crippen LogP contribution in [0.5, 0.6) is 0 Å². The van der Waals surface area contributed by atoms with Crippen molar-refractivity contribution in [2.45, 2.75) is 29.8 Å². The van der Waals surface area contributed by atoms with Gasteiger partial charge < -0.3 is 10.6 Å². The number of rotatable bonds is 2. The molecule has 1 fully saturated rings.